The maximum Gasteiger partial charge on any atom is 0.289 e. The summed E-state index contributed by atoms with van der Waals surface area (Å²) in [6, 6.07) is 20.8. The molecule has 1 aromatic heterocycles. The number of halogens is 1. The Balaban J connectivity index is 1.32. The molecule has 4 aromatic rings. The van der Waals surface area contributed by atoms with E-state index in [-0.39, 0.29) is 29.7 Å². The van der Waals surface area contributed by atoms with E-state index in [2.05, 4.69) is 0 Å². The van der Waals surface area contributed by atoms with Crippen LogP contribution in [0.15, 0.2) is 99.3 Å². The van der Waals surface area contributed by atoms with E-state index >= 15 is 0 Å². The summed E-state index contributed by atoms with van der Waals surface area (Å²) >= 11 is 0. The number of benzene rings is 3. The summed E-state index contributed by atoms with van der Waals surface area (Å²) in [5.41, 5.74) is 1.15. The lowest BCUT2D eigenvalue weighted by Crippen LogP contribution is -2.50. The average molecular weight is 558 g/mol. The first kappa shape index (κ1) is 25.7. The molecule has 0 saturated carbocycles. The maximum absolute atomic E-state index is 14.7. The molecule has 10 heteroatoms. The number of rotatable bonds is 4. The van der Waals surface area contributed by atoms with Crippen LogP contribution in [0.2, 0.25) is 0 Å². The molecule has 1 saturated heterocycles. The smallest absolute Gasteiger partial charge is 0.289 e. The molecule has 3 heterocycles. The molecule has 0 aliphatic carbocycles. The Morgan fingerprint density at radius 2 is 1.52 bits per heavy atom. The van der Waals surface area contributed by atoms with E-state index in [0.29, 0.717) is 52.8 Å². The van der Waals surface area contributed by atoms with Gasteiger partial charge in [0.05, 0.1) is 44.6 Å². The van der Waals surface area contributed by atoms with Crippen LogP contribution in [0.4, 0.5) is 10.1 Å². The predicted octanol–water partition coefficient (Wildman–Crippen LogP) is 4.34. The van der Waals surface area contributed by atoms with Gasteiger partial charge >= 0.3 is 0 Å². The Morgan fingerprint density at radius 1 is 0.825 bits per heavy atom. The number of hydrogen-bond donors (Lipinski definition) is 0. The molecule has 1 atom stereocenters. The highest BCUT2D eigenvalue weighted by atomic mass is 32.2. The highest BCUT2D eigenvalue weighted by molar-refractivity contribution is 7.85. The van der Waals surface area contributed by atoms with Crippen molar-refractivity contribution in [1.82, 2.24) is 9.80 Å². The number of carbonyl (C=O) groups excluding carboxylic acids is 3. The quantitative estimate of drug-likeness (QED) is 0.372. The Hall–Kier alpha value is -4.57. The van der Waals surface area contributed by atoms with Crippen molar-refractivity contribution in [2.24, 2.45) is 0 Å². The SMILES string of the molecule is O=C(c1ccc2c(c1)N(Cc1ccccc1F)C(=O)c1ccccc1S2=O)N1CCN(C(=O)c2ccco2)CC1. The first-order valence-electron chi connectivity index (χ1n) is 12.7. The number of nitrogens with zero attached hydrogens (tertiary/aromatic N) is 3. The van der Waals surface area contributed by atoms with Crippen LogP contribution in [0.25, 0.3) is 0 Å². The van der Waals surface area contributed by atoms with E-state index in [1.54, 1.807) is 82.6 Å². The van der Waals surface area contributed by atoms with Gasteiger partial charge in [0.1, 0.15) is 5.82 Å². The molecule has 202 valence electrons. The maximum atomic E-state index is 14.7. The van der Waals surface area contributed by atoms with Crippen LogP contribution in [-0.2, 0) is 17.3 Å². The van der Waals surface area contributed by atoms with Gasteiger partial charge in [-0.25, -0.2) is 8.60 Å². The third kappa shape index (κ3) is 4.60. The highest BCUT2D eigenvalue weighted by Crippen LogP contribution is 2.36. The summed E-state index contributed by atoms with van der Waals surface area (Å²) in [6.45, 7) is 1.21. The molecule has 1 fully saturated rings. The largest absolute Gasteiger partial charge is 0.459 e. The topological polar surface area (TPSA) is 91.1 Å². The van der Waals surface area contributed by atoms with E-state index in [1.165, 1.54) is 17.2 Å². The van der Waals surface area contributed by atoms with Crippen LogP contribution in [0.5, 0.6) is 0 Å². The van der Waals surface area contributed by atoms with Gasteiger partial charge in [0.25, 0.3) is 17.7 Å². The van der Waals surface area contributed by atoms with Gasteiger partial charge in [-0.15, -0.1) is 0 Å². The molecule has 3 aromatic carbocycles. The summed E-state index contributed by atoms with van der Waals surface area (Å²) in [4.78, 5) is 45.3. The van der Waals surface area contributed by atoms with Crippen molar-refractivity contribution in [3.63, 3.8) is 0 Å². The summed E-state index contributed by atoms with van der Waals surface area (Å²) in [5, 5.41) is 0. The van der Waals surface area contributed by atoms with Crippen molar-refractivity contribution >= 4 is 34.2 Å². The fraction of sp³-hybridized carbons (Fsp3) is 0.167. The number of piperazine rings is 1. The molecular weight excluding hydrogens is 533 g/mol. The van der Waals surface area contributed by atoms with Crippen LogP contribution in [-0.4, -0.2) is 57.9 Å². The molecule has 8 nitrogen and oxygen atoms in total. The molecule has 0 N–H and O–H groups in total. The van der Waals surface area contributed by atoms with Gasteiger partial charge in [0.2, 0.25) is 0 Å². The molecule has 2 aliphatic heterocycles. The van der Waals surface area contributed by atoms with Gasteiger partial charge in [-0.2, -0.15) is 0 Å². The van der Waals surface area contributed by atoms with Crippen molar-refractivity contribution in [2.45, 2.75) is 16.3 Å². The minimum atomic E-state index is -1.70. The third-order valence-corrected chi connectivity index (χ3v) is 8.63. The standard InChI is InChI=1S/C30H24FN3O5S/c31-23-8-3-1-6-21(23)19-34-24-18-20(11-12-27(24)40(38)26-10-4-2-7-22(26)29(34)36)28(35)32-13-15-33(16-14-32)30(37)25-9-5-17-39-25/h1-12,17-18H,13-16,19H2. The Kier molecular flexibility index (Phi) is 6.77. The first-order valence-corrected chi connectivity index (χ1v) is 13.9. The monoisotopic (exact) mass is 557 g/mol. The van der Waals surface area contributed by atoms with Gasteiger partial charge in [0.15, 0.2) is 5.76 Å². The summed E-state index contributed by atoms with van der Waals surface area (Å²) < 4.78 is 33.5. The van der Waals surface area contributed by atoms with Gasteiger partial charge in [0, 0.05) is 37.3 Å². The summed E-state index contributed by atoms with van der Waals surface area (Å²) in [6.07, 6.45) is 1.44. The minimum Gasteiger partial charge on any atom is -0.459 e. The molecule has 6 rings (SSSR count). The lowest BCUT2D eigenvalue weighted by Gasteiger charge is -2.34. The molecule has 40 heavy (non-hydrogen) atoms. The molecule has 0 bridgehead atoms. The van der Waals surface area contributed by atoms with E-state index < -0.39 is 22.5 Å². The zero-order valence-corrected chi connectivity index (χ0v) is 22.1. The molecule has 2 aliphatic rings. The van der Waals surface area contributed by atoms with Crippen molar-refractivity contribution in [2.75, 3.05) is 31.1 Å². The number of hydrogen-bond acceptors (Lipinski definition) is 5. The Labute approximate surface area is 232 Å². The van der Waals surface area contributed by atoms with Crippen molar-refractivity contribution in [3.8, 4) is 0 Å². The van der Waals surface area contributed by atoms with Crippen LogP contribution in [0.3, 0.4) is 0 Å². The normalized spacial score (nSPS) is 16.8. The molecule has 3 amide bonds. The van der Waals surface area contributed by atoms with Gasteiger partial charge in [-0.1, -0.05) is 30.3 Å². The average Bonchev–Trinajstić information content (AvgIpc) is 3.52. The van der Waals surface area contributed by atoms with E-state index in [9.17, 15) is 23.0 Å². The zero-order valence-electron chi connectivity index (χ0n) is 21.3. The van der Waals surface area contributed by atoms with Crippen LogP contribution in [0.1, 0.15) is 36.8 Å². The van der Waals surface area contributed by atoms with Crippen molar-refractivity contribution in [1.29, 1.82) is 0 Å². The highest BCUT2D eigenvalue weighted by Gasteiger charge is 2.33. The second-order valence-electron chi connectivity index (χ2n) is 9.49. The van der Waals surface area contributed by atoms with Crippen molar-refractivity contribution < 1.29 is 27.4 Å². The van der Waals surface area contributed by atoms with Crippen molar-refractivity contribution in [3.05, 3.63) is 113 Å². The number of fused-ring (bicyclic) bond motifs is 2. The lowest BCUT2D eigenvalue weighted by molar-refractivity contribution is 0.0518. The Morgan fingerprint density at radius 3 is 2.25 bits per heavy atom. The van der Waals surface area contributed by atoms with E-state index in [0.717, 1.165) is 0 Å². The minimum absolute atomic E-state index is 0.102. The van der Waals surface area contributed by atoms with Crippen LogP contribution in [0, 0.1) is 5.82 Å². The molecule has 1 unspecified atom stereocenters. The Bertz CT molecular complexity index is 1650. The molecule has 0 spiro atoms. The molecule has 0 radical (unpaired) electrons. The second-order valence-corrected chi connectivity index (χ2v) is 10.9. The second kappa shape index (κ2) is 10.5. The third-order valence-electron chi connectivity index (χ3n) is 7.13. The fourth-order valence-electron chi connectivity index (χ4n) is 5.00. The number of anilines is 1. The molecular formula is C30H24FN3O5S. The van der Waals surface area contributed by atoms with Gasteiger partial charge < -0.3 is 19.1 Å². The van der Waals surface area contributed by atoms with E-state index in [4.69, 9.17) is 4.42 Å². The number of furan rings is 1. The van der Waals surface area contributed by atoms with Gasteiger partial charge in [-0.05, 0) is 48.5 Å². The first-order chi connectivity index (χ1) is 19.4. The number of amides is 3. The zero-order chi connectivity index (χ0) is 27.8. The lowest BCUT2D eigenvalue weighted by atomic mass is 10.1. The summed E-state index contributed by atoms with van der Waals surface area (Å²) in [7, 11) is -1.70. The summed E-state index contributed by atoms with van der Waals surface area (Å²) in [5.74, 6) is -1.16. The number of carbonyl (C=O) groups is 3. The fourth-order valence-corrected chi connectivity index (χ4v) is 6.35. The predicted molar refractivity (Wildman–Crippen MR) is 145 cm³/mol. The van der Waals surface area contributed by atoms with Crippen LogP contribution >= 0.6 is 0 Å². The van der Waals surface area contributed by atoms with Crippen LogP contribution < -0.4 is 4.90 Å². The van der Waals surface area contributed by atoms with Gasteiger partial charge in [-0.3, -0.25) is 14.4 Å². The van der Waals surface area contributed by atoms with E-state index in [1.807, 2.05) is 0 Å².